The molecule has 2 heterocycles. The molecule has 0 aliphatic carbocycles. The number of anilines is 1. The van der Waals surface area contributed by atoms with Crippen molar-refractivity contribution in [1.82, 2.24) is 4.90 Å². The van der Waals surface area contributed by atoms with Gasteiger partial charge in [-0.2, -0.15) is 5.26 Å². The van der Waals surface area contributed by atoms with Gasteiger partial charge in [0.05, 0.1) is 5.56 Å². The fourth-order valence-corrected chi connectivity index (χ4v) is 3.46. The summed E-state index contributed by atoms with van der Waals surface area (Å²) in [4.78, 5) is 4.97. The summed E-state index contributed by atoms with van der Waals surface area (Å²) in [6.07, 6.45) is 6.53. The zero-order chi connectivity index (χ0) is 13.8. The lowest BCUT2D eigenvalue weighted by atomic mass is 9.99. The van der Waals surface area contributed by atoms with E-state index in [0.717, 1.165) is 30.4 Å². The number of likely N-dealkylation sites (tertiary alicyclic amines) is 1. The Morgan fingerprint density at radius 1 is 1.10 bits per heavy atom. The first kappa shape index (κ1) is 13.3. The molecular weight excluding hydrogens is 246 g/mol. The van der Waals surface area contributed by atoms with E-state index in [1.807, 2.05) is 6.07 Å². The molecule has 2 fully saturated rings. The van der Waals surface area contributed by atoms with Crippen LogP contribution in [0, 0.1) is 23.5 Å². The molecule has 104 valence electrons. The van der Waals surface area contributed by atoms with Crippen molar-refractivity contribution in [2.24, 2.45) is 0 Å². The van der Waals surface area contributed by atoms with Crippen LogP contribution >= 0.6 is 0 Å². The third-order valence-electron chi connectivity index (χ3n) is 4.59. The molecule has 0 N–H and O–H groups in total. The molecule has 0 atom stereocenters. The van der Waals surface area contributed by atoms with Crippen molar-refractivity contribution < 1.29 is 0 Å². The molecule has 0 amide bonds. The molecule has 20 heavy (non-hydrogen) atoms. The molecule has 0 bridgehead atoms. The van der Waals surface area contributed by atoms with Crippen molar-refractivity contribution >= 4 is 5.69 Å². The molecule has 0 unspecified atom stereocenters. The Balaban J connectivity index is 1.62. The first-order valence-corrected chi connectivity index (χ1v) is 7.70. The molecule has 1 aromatic rings. The summed E-state index contributed by atoms with van der Waals surface area (Å²) >= 11 is 0. The summed E-state index contributed by atoms with van der Waals surface area (Å²) in [5.41, 5.74) is 1.66. The van der Waals surface area contributed by atoms with Gasteiger partial charge >= 0.3 is 0 Å². The van der Waals surface area contributed by atoms with Crippen molar-refractivity contribution in [3.63, 3.8) is 0 Å². The number of rotatable bonds is 2. The van der Waals surface area contributed by atoms with Crippen LogP contribution in [0.3, 0.4) is 0 Å². The summed E-state index contributed by atoms with van der Waals surface area (Å²) in [5, 5.41) is 9.19. The second-order valence-corrected chi connectivity index (χ2v) is 5.79. The van der Waals surface area contributed by atoms with Gasteiger partial charge in [-0.05, 0) is 57.0 Å². The molecule has 3 rings (SSSR count). The fraction of sp³-hybridized carbons (Fsp3) is 0.588. The number of piperidine rings is 2. The maximum atomic E-state index is 9.19. The standard InChI is InChI=1S/C17H21N3/c18-14-15-6-2-3-7-17(15)20-12-8-16(9-13-20)19-10-4-1-5-11-19/h2,6,16H,1,4-5,8-13H2. The lowest BCUT2D eigenvalue weighted by Gasteiger charge is -2.40. The van der Waals surface area contributed by atoms with E-state index in [4.69, 9.17) is 0 Å². The Morgan fingerprint density at radius 2 is 1.85 bits per heavy atom. The Morgan fingerprint density at radius 3 is 2.55 bits per heavy atom. The predicted octanol–water partition coefficient (Wildman–Crippen LogP) is 2.61. The number of nitriles is 1. The Kier molecular flexibility index (Phi) is 4.09. The Hall–Kier alpha value is -1.71. The molecule has 0 aromatic heterocycles. The Labute approximate surface area is 121 Å². The van der Waals surface area contributed by atoms with Crippen LogP contribution in [-0.4, -0.2) is 37.1 Å². The smallest absolute Gasteiger partial charge is 0.106 e. The van der Waals surface area contributed by atoms with E-state index in [0.29, 0.717) is 0 Å². The highest BCUT2D eigenvalue weighted by Gasteiger charge is 2.26. The minimum absolute atomic E-state index is 0.722. The van der Waals surface area contributed by atoms with Crippen LogP contribution in [0.1, 0.15) is 37.7 Å². The third-order valence-corrected chi connectivity index (χ3v) is 4.59. The van der Waals surface area contributed by atoms with E-state index in [-0.39, 0.29) is 0 Å². The van der Waals surface area contributed by atoms with Crippen LogP contribution in [-0.2, 0) is 0 Å². The highest BCUT2D eigenvalue weighted by atomic mass is 15.2. The van der Waals surface area contributed by atoms with Gasteiger partial charge in [-0.15, -0.1) is 0 Å². The highest BCUT2D eigenvalue weighted by Crippen LogP contribution is 2.25. The molecule has 0 spiro atoms. The summed E-state index contributed by atoms with van der Waals surface area (Å²) in [5.74, 6) is 0. The maximum Gasteiger partial charge on any atom is 0.106 e. The van der Waals surface area contributed by atoms with E-state index in [1.165, 1.54) is 45.2 Å². The quantitative estimate of drug-likeness (QED) is 0.825. The van der Waals surface area contributed by atoms with E-state index in [9.17, 15) is 5.26 Å². The van der Waals surface area contributed by atoms with Crippen molar-refractivity contribution in [3.8, 4) is 6.07 Å². The number of hydrogen-bond donors (Lipinski definition) is 0. The summed E-state index contributed by atoms with van der Waals surface area (Å²) < 4.78 is 0. The summed E-state index contributed by atoms with van der Waals surface area (Å²) in [6.45, 7) is 4.62. The number of nitrogens with zero attached hydrogens (tertiary/aromatic N) is 3. The molecule has 1 aromatic carbocycles. The average Bonchev–Trinajstić information content (AvgIpc) is 2.56. The van der Waals surface area contributed by atoms with Gasteiger partial charge in [0.2, 0.25) is 0 Å². The first-order valence-electron chi connectivity index (χ1n) is 7.70. The molecular formula is C17H21N3. The van der Waals surface area contributed by atoms with Crippen LogP contribution in [0.15, 0.2) is 12.1 Å². The predicted molar refractivity (Wildman–Crippen MR) is 79.5 cm³/mol. The second-order valence-electron chi connectivity index (χ2n) is 5.79. The van der Waals surface area contributed by atoms with E-state index in [2.05, 4.69) is 28.0 Å². The third kappa shape index (κ3) is 2.74. The maximum absolute atomic E-state index is 9.19. The zero-order valence-corrected chi connectivity index (χ0v) is 11.9. The van der Waals surface area contributed by atoms with Crippen molar-refractivity contribution in [2.45, 2.75) is 38.1 Å². The van der Waals surface area contributed by atoms with Gasteiger partial charge in [-0.3, -0.25) is 0 Å². The lowest BCUT2D eigenvalue weighted by Crippen LogP contribution is -2.46. The minimum atomic E-state index is 0.722. The molecule has 2 aliphatic rings. The van der Waals surface area contributed by atoms with Crippen LogP contribution in [0.5, 0.6) is 0 Å². The van der Waals surface area contributed by atoms with Gasteiger partial charge in [-0.25, -0.2) is 0 Å². The second kappa shape index (κ2) is 6.16. The van der Waals surface area contributed by atoms with Gasteiger partial charge in [0.15, 0.2) is 0 Å². The highest BCUT2D eigenvalue weighted by molar-refractivity contribution is 5.56. The fourth-order valence-electron chi connectivity index (χ4n) is 3.46. The monoisotopic (exact) mass is 267 g/mol. The van der Waals surface area contributed by atoms with Crippen LogP contribution in [0.4, 0.5) is 5.69 Å². The molecule has 2 saturated heterocycles. The Bertz CT molecular complexity index is 477. The minimum Gasteiger partial charge on any atom is -0.364 e. The number of hydrogen-bond acceptors (Lipinski definition) is 3. The largest absolute Gasteiger partial charge is 0.364 e. The summed E-state index contributed by atoms with van der Waals surface area (Å²) in [6, 6.07) is 12.7. The van der Waals surface area contributed by atoms with Gasteiger partial charge < -0.3 is 9.80 Å². The van der Waals surface area contributed by atoms with Gasteiger partial charge in [0.25, 0.3) is 0 Å². The van der Waals surface area contributed by atoms with Crippen molar-refractivity contribution in [3.05, 3.63) is 29.8 Å². The normalized spacial score (nSPS) is 21.2. The van der Waals surface area contributed by atoms with E-state index < -0.39 is 0 Å². The molecule has 0 radical (unpaired) electrons. The summed E-state index contributed by atoms with van der Waals surface area (Å²) in [7, 11) is 0. The van der Waals surface area contributed by atoms with Crippen molar-refractivity contribution in [1.29, 1.82) is 5.26 Å². The van der Waals surface area contributed by atoms with E-state index in [1.54, 1.807) is 6.07 Å². The average molecular weight is 267 g/mol. The van der Waals surface area contributed by atoms with Gasteiger partial charge in [-0.1, -0.05) is 12.5 Å². The molecule has 3 nitrogen and oxygen atoms in total. The SMILES string of the molecule is N#Cc1ccc#cc1N1CCC(N2CCCCC2)CC1. The van der Waals surface area contributed by atoms with E-state index >= 15 is 0 Å². The van der Waals surface area contributed by atoms with Crippen molar-refractivity contribution in [2.75, 3.05) is 31.1 Å². The van der Waals surface area contributed by atoms with Crippen LogP contribution < -0.4 is 4.90 Å². The zero-order valence-electron chi connectivity index (χ0n) is 11.9. The molecule has 3 heteroatoms. The topological polar surface area (TPSA) is 30.3 Å². The lowest BCUT2D eigenvalue weighted by molar-refractivity contribution is 0.141. The first-order chi connectivity index (χ1) is 9.88. The van der Waals surface area contributed by atoms with Gasteiger partial charge in [0.1, 0.15) is 11.8 Å². The molecule has 0 saturated carbocycles. The molecule has 2 aliphatic heterocycles. The van der Waals surface area contributed by atoms with Gasteiger partial charge in [0, 0.05) is 19.1 Å². The van der Waals surface area contributed by atoms with Crippen LogP contribution in [0.2, 0.25) is 0 Å². The van der Waals surface area contributed by atoms with Crippen LogP contribution in [0.25, 0.3) is 0 Å².